The van der Waals surface area contributed by atoms with Crippen molar-refractivity contribution in [2.45, 2.75) is 11.5 Å². The number of rotatable bonds is 3. The summed E-state index contributed by atoms with van der Waals surface area (Å²) in [5.41, 5.74) is 1.39. The minimum Gasteiger partial charge on any atom is -0.324 e. The summed E-state index contributed by atoms with van der Waals surface area (Å²) in [6, 6.07) is 17.0. The van der Waals surface area contributed by atoms with Crippen LogP contribution in [0.2, 0.25) is 0 Å². The van der Waals surface area contributed by atoms with Gasteiger partial charge in [0.1, 0.15) is 17.1 Å². The summed E-state index contributed by atoms with van der Waals surface area (Å²) >= 11 is 3.51. The van der Waals surface area contributed by atoms with Crippen LogP contribution in [0, 0.1) is 11.7 Å². The Morgan fingerprint density at radius 2 is 1.97 bits per heavy atom. The fourth-order valence-electron chi connectivity index (χ4n) is 5.09. The fourth-order valence-corrected chi connectivity index (χ4v) is 5.45. The van der Waals surface area contributed by atoms with E-state index in [0.29, 0.717) is 17.9 Å². The number of hydrogen-bond acceptors (Lipinski definition) is 4. The highest BCUT2D eigenvalue weighted by molar-refractivity contribution is 9.10. The zero-order valence-corrected chi connectivity index (χ0v) is 18.3. The lowest BCUT2D eigenvalue weighted by atomic mass is 9.71. The van der Waals surface area contributed by atoms with Crippen molar-refractivity contribution in [3.05, 3.63) is 94.0 Å². The van der Waals surface area contributed by atoms with E-state index in [4.69, 9.17) is 0 Å². The van der Waals surface area contributed by atoms with E-state index in [2.05, 4.69) is 26.2 Å². The Bertz CT molecular complexity index is 1190. The molecule has 31 heavy (non-hydrogen) atoms. The van der Waals surface area contributed by atoms with Gasteiger partial charge in [0, 0.05) is 34.4 Å². The maximum absolute atomic E-state index is 13.9. The molecule has 156 valence electrons. The Labute approximate surface area is 187 Å². The van der Waals surface area contributed by atoms with Gasteiger partial charge in [0.15, 0.2) is 5.78 Å². The largest absolute Gasteiger partial charge is 0.324 e. The van der Waals surface area contributed by atoms with Gasteiger partial charge in [-0.1, -0.05) is 34.1 Å². The normalized spacial score (nSPS) is 24.9. The Morgan fingerprint density at radius 1 is 1.19 bits per heavy atom. The molecule has 1 aromatic heterocycles. The Morgan fingerprint density at radius 3 is 2.68 bits per heavy atom. The van der Waals surface area contributed by atoms with Crippen LogP contribution < -0.4 is 5.32 Å². The van der Waals surface area contributed by atoms with Crippen LogP contribution in [-0.2, 0) is 10.3 Å². The van der Waals surface area contributed by atoms with Crippen LogP contribution in [0.5, 0.6) is 0 Å². The molecule has 1 fully saturated rings. The summed E-state index contributed by atoms with van der Waals surface area (Å²) in [5.74, 6) is -1.82. The van der Waals surface area contributed by atoms with Gasteiger partial charge < -0.3 is 5.32 Å². The highest BCUT2D eigenvalue weighted by atomic mass is 79.9. The molecule has 0 aliphatic carbocycles. The minimum atomic E-state index is -1.19. The van der Waals surface area contributed by atoms with E-state index in [9.17, 15) is 14.0 Å². The third kappa shape index (κ3) is 2.95. The molecule has 1 N–H and O–H groups in total. The predicted octanol–water partition coefficient (Wildman–Crippen LogP) is 4.36. The van der Waals surface area contributed by atoms with E-state index in [1.807, 2.05) is 30.1 Å². The molecule has 0 radical (unpaired) electrons. The average molecular weight is 480 g/mol. The summed E-state index contributed by atoms with van der Waals surface area (Å²) in [4.78, 5) is 33.7. The van der Waals surface area contributed by atoms with Crippen molar-refractivity contribution in [2.75, 3.05) is 18.9 Å². The van der Waals surface area contributed by atoms with Crippen molar-refractivity contribution < 1.29 is 14.0 Å². The molecule has 3 aromatic rings. The lowest BCUT2D eigenvalue weighted by Crippen LogP contribution is -2.51. The van der Waals surface area contributed by atoms with Gasteiger partial charge >= 0.3 is 0 Å². The lowest BCUT2D eigenvalue weighted by molar-refractivity contribution is -0.126. The first-order valence-electron chi connectivity index (χ1n) is 9.96. The highest BCUT2D eigenvalue weighted by Crippen LogP contribution is 2.55. The zero-order chi connectivity index (χ0) is 21.8. The fraction of sp³-hybridized carbons (Fsp3) is 0.208. The number of Topliss-reactive ketones (excluding diaryl/α,β-unsaturated/α-hetero) is 1. The molecule has 0 bridgehead atoms. The van der Waals surface area contributed by atoms with Crippen molar-refractivity contribution >= 4 is 33.3 Å². The van der Waals surface area contributed by atoms with Crippen LogP contribution in [0.25, 0.3) is 0 Å². The first-order chi connectivity index (χ1) is 14.9. The number of hydrogen-bond donors (Lipinski definition) is 1. The number of halogens is 2. The minimum absolute atomic E-state index is 0.206. The molecule has 3 heterocycles. The lowest BCUT2D eigenvalue weighted by Gasteiger charge is -2.35. The summed E-state index contributed by atoms with van der Waals surface area (Å²) in [6.45, 7) is 0.467. The SMILES string of the molecule is CN1C[C@H](c2ccc(F)cc2)[C@@H](C(=O)c2ccccn2)[C@]12C(=O)Nc1ccc(Br)cc12. The molecular weight excluding hydrogens is 461 g/mol. The van der Waals surface area contributed by atoms with E-state index in [0.717, 1.165) is 15.6 Å². The van der Waals surface area contributed by atoms with E-state index in [-0.39, 0.29) is 23.4 Å². The monoisotopic (exact) mass is 479 g/mol. The van der Waals surface area contributed by atoms with Crippen molar-refractivity contribution in [1.82, 2.24) is 9.88 Å². The molecule has 1 amide bonds. The molecule has 3 atom stereocenters. The third-order valence-corrected chi connectivity index (χ3v) is 6.90. The van der Waals surface area contributed by atoms with Crippen LogP contribution in [0.1, 0.15) is 27.5 Å². The number of carbonyl (C=O) groups excluding carboxylic acids is 2. The standard InChI is InChI=1S/C24H19BrFN3O2/c1-29-13-17(14-5-8-16(26)9-6-14)21(22(30)20-4-2-3-11-27-20)24(29)18-12-15(25)7-10-19(18)28-23(24)31/h2-12,17,21H,13H2,1H3,(H,28,31)/t17-,21+,24-/m1/s1. The van der Waals surface area contributed by atoms with E-state index >= 15 is 0 Å². The topological polar surface area (TPSA) is 62.3 Å². The van der Waals surface area contributed by atoms with Gasteiger partial charge in [0.05, 0.1) is 5.92 Å². The van der Waals surface area contributed by atoms with Gasteiger partial charge in [-0.25, -0.2) is 4.39 Å². The molecule has 7 heteroatoms. The zero-order valence-electron chi connectivity index (χ0n) is 16.7. The number of benzene rings is 2. The molecule has 2 aromatic carbocycles. The van der Waals surface area contributed by atoms with Crippen molar-refractivity contribution in [3.8, 4) is 0 Å². The molecule has 0 saturated carbocycles. The maximum Gasteiger partial charge on any atom is 0.250 e. The van der Waals surface area contributed by atoms with Gasteiger partial charge in [-0.05, 0) is 55.1 Å². The van der Waals surface area contributed by atoms with Gasteiger partial charge in [-0.3, -0.25) is 19.5 Å². The number of fused-ring (bicyclic) bond motifs is 2. The summed E-state index contributed by atoms with van der Waals surface area (Å²) < 4.78 is 14.4. The summed E-state index contributed by atoms with van der Waals surface area (Å²) in [7, 11) is 1.86. The van der Waals surface area contributed by atoms with Crippen molar-refractivity contribution in [3.63, 3.8) is 0 Å². The molecular formula is C24H19BrFN3O2. The maximum atomic E-state index is 13.9. The number of nitrogens with one attached hydrogen (secondary N) is 1. The molecule has 5 rings (SSSR count). The number of carbonyl (C=O) groups is 2. The second kappa shape index (κ2) is 7.35. The van der Waals surface area contributed by atoms with Crippen LogP contribution in [0.15, 0.2) is 71.3 Å². The van der Waals surface area contributed by atoms with E-state index in [1.165, 1.54) is 12.1 Å². The molecule has 1 spiro atoms. The number of aromatic nitrogens is 1. The van der Waals surface area contributed by atoms with E-state index in [1.54, 1.807) is 36.5 Å². The number of likely N-dealkylation sites (tertiary alicyclic amines) is 1. The van der Waals surface area contributed by atoms with Crippen molar-refractivity contribution in [2.24, 2.45) is 5.92 Å². The highest BCUT2D eigenvalue weighted by Gasteiger charge is 2.64. The van der Waals surface area contributed by atoms with Gasteiger partial charge in [0.25, 0.3) is 0 Å². The molecule has 0 unspecified atom stereocenters. The van der Waals surface area contributed by atoms with Gasteiger partial charge in [0.2, 0.25) is 5.91 Å². The molecule has 2 aliphatic rings. The van der Waals surface area contributed by atoms with E-state index < -0.39 is 11.5 Å². The van der Waals surface area contributed by atoms with Gasteiger partial charge in [-0.15, -0.1) is 0 Å². The van der Waals surface area contributed by atoms with Crippen LogP contribution in [0.4, 0.5) is 10.1 Å². The van der Waals surface area contributed by atoms with Crippen molar-refractivity contribution in [1.29, 1.82) is 0 Å². The summed E-state index contributed by atoms with van der Waals surface area (Å²) in [5, 5.41) is 2.97. The average Bonchev–Trinajstić information content (AvgIpc) is 3.24. The second-order valence-corrected chi connectivity index (χ2v) is 8.92. The summed E-state index contributed by atoms with van der Waals surface area (Å²) in [6.07, 6.45) is 1.57. The van der Waals surface area contributed by atoms with Crippen LogP contribution >= 0.6 is 15.9 Å². The van der Waals surface area contributed by atoms with Crippen LogP contribution in [0.3, 0.4) is 0 Å². The molecule has 1 saturated heterocycles. The number of pyridine rings is 1. The number of ketones is 1. The Hall–Kier alpha value is -2.90. The Balaban J connectivity index is 1.74. The first kappa shape index (κ1) is 20.0. The van der Waals surface area contributed by atoms with Crippen LogP contribution in [-0.4, -0.2) is 35.2 Å². The molecule has 2 aliphatic heterocycles. The number of likely N-dealkylation sites (N-methyl/N-ethyl adjacent to an activating group) is 1. The second-order valence-electron chi connectivity index (χ2n) is 8.01. The quantitative estimate of drug-likeness (QED) is 0.566. The van der Waals surface area contributed by atoms with Gasteiger partial charge in [-0.2, -0.15) is 0 Å². The Kier molecular flexibility index (Phi) is 4.75. The smallest absolute Gasteiger partial charge is 0.250 e. The number of amides is 1. The molecule has 5 nitrogen and oxygen atoms in total. The third-order valence-electron chi connectivity index (χ3n) is 6.41. The predicted molar refractivity (Wildman–Crippen MR) is 118 cm³/mol. The number of anilines is 1. The number of nitrogens with zero attached hydrogens (tertiary/aromatic N) is 2. The first-order valence-corrected chi connectivity index (χ1v) is 10.8.